The van der Waals surface area contributed by atoms with E-state index >= 15 is 0 Å². The van der Waals surface area contributed by atoms with Crippen molar-refractivity contribution in [3.05, 3.63) is 59.7 Å². The number of rotatable bonds is 11. The predicted molar refractivity (Wildman–Crippen MR) is 160 cm³/mol. The first-order valence-electron chi connectivity index (χ1n) is 15.1. The highest BCUT2D eigenvalue weighted by molar-refractivity contribution is 5.82. The summed E-state index contributed by atoms with van der Waals surface area (Å²) in [6, 6.07) is 14.5. The van der Waals surface area contributed by atoms with Crippen LogP contribution in [-0.4, -0.2) is 83.7 Å². The fourth-order valence-electron chi connectivity index (χ4n) is 6.56. The first-order chi connectivity index (χ1) is 20.8. The molecule has 11 heteroatoms. The number of ether oxygens (including phenoxy) is 4. The summed E-state index contributed by atoms with van der Waals surface area (Å²) in [4.78, 5) is 37.1. The van der Waals surface area contributed by atoms with Crippen molar-refractivity contribution < 1.29 is 43.5 Å². The van der Waals surface area contributed by atoms with Gasteiger partial charge in [-0.3, -0.25) is 4.79 Å². The number of carboxylic acids is 1. The van der Waals surface area contributed by atoms with Gasteiger partial charge in [-0.25, -0.2) is 9.59 Å². The van der Waals surface area contributed by atoms with Crippen LogP contribution in [0.5, 0.6) is 0 Å². The van der Waals surface area contributed by atoms with Crippen molar-refractivity contribution in [2.45, 2.75) is 88.6 Å². The molecule has 0 unspecified atom stereocenters. The second kappa shape index (κ2) is 12.8. The normalized spacial score (nSPS) is 24.6. The average Bonchev–Trinajstić information content (AvgIpc) is 3.62. The van der Waals surface area contributed by atoms with E-state index in [0.29, 0.717) is 13.0 Å². The van der Waals surface area contributed by atoms with Crippen LogP contribution in [0.25, 0.3) is 11.1 Å². The van der Waals surface area contributed by atoms with Crippen LogP contribution < -0.4 is 10.6 Å². The van der Waals surface area contributed by atoms with Crippen molar-refractivity contribution in [3.63, 3.8) is 0 Å². The number of carbonyl (C=O) groups is 3. The average molecular weight is 611 g/mol. The highest BCUT2D eigenvalue weighted by Crippen LogP contribution is 2.45. The molecule has 4 N–H and O–H groups in total. The Morgan fingerprint density at radius 1 is 1.00 bits per heavy atom. The molecule has 2 fully saturated rings. The van der Waals surface area contributed by atoms with Gasteiger partial charge in [-0.1, -0.05) is 48.5 Å². The van der Waals surface area contributed by atoms with E-state index in [1.54, 1.807) is 0 Å². The number of benzene rings is 2. The molecule has 0 bridgehead atoms. The lowest BCUT2D eigenvalue weighted by atomic mass is 9.87. The number of fused-ring (bicyclic) bond motifs is 3. The van der Waals surface area contributed by atoms with E-state index < -0.39 is 47.6 Å². The molecule has 2 amide bonds. The molecule has 0 aromatic heterocycles. The van der Waals surface area contributed by atoms with Crippen LogP contribution in [0.4, 0.5) is 4.79 Å². The lowest BCUT2D eigenvalue weighted by Crippen LogP contribution is -2.45. The number of aliphatic carboxylic acids is 1. The van der Waals surface area contributed by atoms with Crippen molar-refractivity contribution in [1.82, 2.24) is 10.6 Å². The third kappa shape index (κ3) is 7.23. The van der Waals surface area contributed by atoms with Gasteiger partial charge in [-0.05, 0) is 62.8 Å². The Hall–Kier alpha value is -3.51. The van der Waals surface area contributed by atoms with E-state index in [2.05, 4.69) is 10.6 Å². The Morgan fingerprint density at radius 2 is 1.64 bits per heavy atom. The summed E-state index contributed by atoms with van der Waals surface area (Å²) in [6.07, 6.45) is -2.37. The van der Waals surface area contributed by atoms with Gasteiger partial charge in [-0.15, -0.1) is 0 Å². The monoisotopic (exact) mass is 610 g/mol. The van der Waals surface area contributed by atoms with Gasteiger partial charge in [0, 0.05) is 24.8 Å². The standard InChI is InChI=1S/C33H42N2O9/c1-32(2)15-23(27-18-42-33(3,4)43-27)29(44-32)26(36)16-34-28(37)14-13-25(30(38)39)35-31(40)41-17-24-21-11-7-5-9-19(21)20-10-6-8-12-22(20)24/h5-12,23-27,29,36H,13-18H2,1-4H3,(H,34,37)(H,35,40)(H,38,39)/t23-,25+,26+,27-,29+/m1/s1. The minimum atomic E-state index is -1.33. The Morgan fingerprint density at radius 3 is 2.23 bits per heavy atom. The molecule has 1 aliphatic carbocycles. The van der Waals surface area contributed by atoms with Crippen molar-refractivity contribution in [2.24, 2.45) is 5.92 Å². The van der Waals surface area contributed by atoms with Gasteiger partial charge in [0.25, 0.3) is 0 Å². The maximum Gasteiger partial charge on any atom is 0.407 e. The molecule has 11 nitrogen and oxygen atoms in total. The summed E-state index contributed by atoms with van der Waals surface area (Å²) in [5.74, 6) is -2.74. The lowest BCUT2D eigenvalue weighted by Gasteiger charge is -2.28. The summed E-state index contributed by atoms with van der Waals surface area (Å²) in [6.45, 7) is 7.92. The smallest absolute Gasteiger partial charge is 0.407 e. The quantitative estimate of drug-likeness (QED) is 0.299. The number of amides is 2. The van der Waals surface area contributed by atoms with E-state index in [1.807, 2.05) is 76.2 Å². The Balaban J connectivity index is 1.09. The SMILES string of the molecule is CC1(C)C[C@H]([C@H]2COC(C)(C)O2)[C@@H]([C@@H](O)CNC(=O)CC[C@H](NC(=O)OCC2c3ccccc3-c3ccccc32)C(=O)O)O1. The van der Waals surface area contributed by atoms with Gasteiger partial charge in [0.15, 0.2) is 5.79 Å². The molecule has 0 saturated carbocycles. The minimum absolute atomic E-state index is 0.0428. The van der Waals surface area contributed by atoms with Crippen LogP contribution in [0, 0.1) is 5.92 Å². The van der Waals surface area contributed by atoms with Gasteiger partial charge in [0.2, 0.25) is 5.91 Å². The fourth-order valence-corrected chi connectivity index (χ4v) is 6.56. The number of alkyl carbamates (subject to hydrolysis) is 1. The van der Waals surface area contributed by atoms with Crippen LogP contribution in [0.2, 0.25) is 0 Å². The Labute approximate surface area is 257 Å². The molecule has 2 saturated heterocycles. The lowest BCUT2D eigenvalue weighted by molar-refractivity contribution is -0.151. The summed E-state index contributed by atoms with van der Waals surface area (Å²) in [5, 5.41) is 25.7. The van der Waals surface area contributed by atoms with E-state index in [0.717, 1.165) is 22.3 Å². The molecule has 2 aromatic rings. The highest BCUT2D eigenvalue weighted by atomic mass is 16.7. The number of hydrogen-bond donors (Lipinski definition) is 4. The van der Waals surface area contributed by atoms with Gasteiger partial charge < -0.3 is 39.8 Å². The van der Waals surface area contributed by atoms with Crippen LogP contribution in [0.3, 0.4) is 0 Å². The first kappa shape index (κ1) is 31.9. The maximum absolute atomic E-state index is 12.6. The Kier molecular flexibility index (Phi) is 9.31. The third-order valence-corrected chi connectivity index (χ3v) is 8.59. The summed E-state index contributed by atoms with van der Waals surface area (Å²) >= 11 is 0. The molecule has 5 rings (SSSR count). The second-order valence-electron chi connectivity index (χ2n) is 12.8. The number of hydrogen-bond acceptors (Lipinski definition) is 8. The zero-order valence-corrected chi connectivity index (χ0v) is 25.6. The molecule has 238 valence electrons. The number of nitrogens with one attached hydrogen (secondary N) is 2. The fraction of sp³-hybridized carbons (Fsp3) is 0.545. The number of aliphatic hydroxyl groups excluding tert-OH is 1. The van der Waals surface area contributed by atoms with Crippen molar-refractivity contribution in [3.8, 4) is 11.1 Å². The van der Waals surface area contributed by atoms with Crippen LogP contribution in [-0.2, 0) is 28.5 Å². The van der Waals surface area contributed by atoms with Crippen molar-refractivity contribution >= 4 is 18.0 Å². The van der Waals surface area contributed by atoms with Crippen LogP contribution in [0.15, 0.2) is 48.5 Å². The summed E-state index contributed by atoms with van der Waals surface area (Å²) in [5.41, 5.74) is 3.78. The van der Waals surface area contributed by atoms with Crippen LogP contribution >= 0.6 is 0 Å². The molecular formula is C33H42N2O9. The molecule has 5 atom stereocenters. The van der Waals surface area contributed by atoms with Gasteiger partial charge >= 0.3 is 12.1 Å². The molecule has 2 aliphatic heterocycles. The molecule has 0 radical (unpaired) electrons. The zero-order chi connectivity index (χ0) is 31.6. The maximum atomic E-state index is 12.6. The second-order valence-corrected chi connectivity index (χ2v) is 12.8. The van der Waals surface area contributed by atoms with Gasteiger partial charge in [0.05, 0.1) is 30.5 Å². The summed E-state index contributed by atoms with van der Waals surface area (Å²) in [7, 11) is 0. The van der Waals surface area contributed by atoms with E-state index in [4.69, 9.17) is 18.9 Å². The molecule has 2 aromatic carbocycles. The summed E-state index contributed by atoms with van der Waals surface area (Å²) < 4.78 is 23.3. The number of carbonyl (C=O) groups excluding carboxylic acids is 2. The Bertz CT molecular complexity index is 1330. The number of aliphatic hydroxyl groups is 1. The molecule has 0 spiro atoms. The van der Waals surface area contributed by atoms with E-state index in [1.165, 1.54) is 0 Å². The van der Waals surface area contributed by atoms with Crippen molar-refractivity contribution in [2.75, 3.05) is 19.8 Å². The van der Waals surface area contributed by atoms with Gasteiger partial charge in [-0.2, -0.15) is 0 Å². The van der Waals surface area contributed by atoms with Gasteiger partial charge in [0.1, 0.15) is 12.6 Å². The molecule has 3 aliphatic rings. The van der Waals surface area contributed by atoms with Crippen molar-refractivity contribution in [1.29, 1.82) is 0 Å². The molecule has 44 heavy (non-hydrogen) atoms. The largest absolute Gasteiger partial charge is 0.480 e. The van der Waals surface area contributed by atoms with E-state index in [9.17, 15) is 24.6 Å². The van der Waals surface area contributed by atoms with Crippen LogP contribution in [0.1, 0.15) is 64.0 Å². The number of carboxylic acid groups (broad SMARTS) is 1. The first-order valence-corrected chi connectivity index (χ1v) is 15.1. The highest BCUT2D eigenvalue weighted by Gasteiger charge is 2.50. The molecular weight excluding hydrogens is 568 g/mol. The zero-order valence-electron chi connectivity index (χ0n) is 25.6. The van der Waals surface area contributed by atoms with E-state index in [-0.39, 0.29) is 43.9 Å². The predicted octanol–water partition coefficient (Wildman–Crippen LogP) is 3.57. The molecule has 2 heterocycles. The topological polar surface area (TPSA) is 153 Å². The minimum Gasteiger partial charge on any atom is -0.480 e. The third-order valence-electron chi connectivity index (χ3n) is 8.59.